The molecular formula is C13H16ClN. The normalized spacial score (nSPS) is 27.9. The monoisotopic (exact) mass is 221 g/mol. The first-order chi connectivity index (χ1) is 7.27. The summed E-state index contributed by atoms with van der Waals surface area (Å²) in [5, 5.41) is 4.25. The van der Waals surface area contributed by atoms with Crippen LogP contribution in [0, 0.1) is 5.41 Å². The first-order valence-electron chi connectivity index (χ1n) is 5.74. The van der Waals surface area contributed by atoms with E-state index in [0.29, 0.717) is 5.41 Å². The minimum Gasteiger partial charge on any atom is -0.316 e. The van der Waals surface area contributed by atoms with Gasteiger partial charge in [0.1, 0.15) is 0 Å². The van der Waals surface area contributed by atoms with Gasteiger partial charge in [0.15, 0.2) is 0 Å². The molecule has 0 bridgehead atoms. The molecule has 1 aromatic carbocycles. The van der Waals surface area contributed by atoms with Crippen LogP contribution in [0.1, 0.15) is 30.7 Å². The molecule has 1 heterocycles. The van der Waals surface area contributed by atoms with Crippen LogP contribution < -0.4 is 5.32 Å². The van der Waals surface area contributed by atoms with Crippen molar-refractivity contribution in [3.05, 3.63) is 34.9 Å². The number of hydrogen-bond acceptors (Lipinski definition) is 1. The van der Waals surface area contributed by atoms with Crippen LogP contribution in [0.15, 0.2) is 24.3 Å². The Morgan fingerprint density at radius 2 is 1.93 bits per heavy atom. The first-order valence-corrected chi connectivity index (χ1v) is 6.11. The van der Waals surface area contributed by atoms with Gasteiger partial charge in [-0.25, -0.2) is 0 Å². The van der Waals surface area contributed by atoms with Gasteiger partial charge < -0.3 is 5.32 Å². The Labute approximate surface area is 95.8 Å². The van der Waals surface area contributed by atoms with E-state index in [1.54, 1.807) is 0 Å². The Balaban J connectivity index is 1.76. The van der Waals surface area contributed by atoms with Crippen LogP contribution >= 0.6 is 11.6 Å². The Bertz CT molecular complexity index is 353. The molecule has 1 saturated heterocycles. The van der Waals surface area contributed by atoms with Crippen molar-refractivity contribution < 1.29 is 0 Å². The molecule has 1 aliphatic heterocycles. The van der Waals surface area contributed by atoms with Crippen LogP contribution in [0.25, 0.3) is 0 Å². The third-order valence-electron chi connectivity index (χ3n) is 4.04. The third-order valence-corrected chi connectivity index (χ3v) is 4.30. The smallest absolute Gasteiger partial charge is 0.0406 e. The fraction of sp³-hybridized carbons (Fsp3) is 0.538. The number of nitrogens with one attached hydrogen (secondary N) is 1. The van der Waals surface area contributed by atoms with Crippen LogP contribution in [-0.2, 0) is 0 Å². The van der Waals surface area contributed by atoms with E-state index in [1.165, 1.54) is 37.9 Å². The zero-order valence-electron chi connectivity index (χ0n) is 8.80. The summed E-state index contributed by atoms with van der Waals surface area (Å²) < 4.78 is 0. The molecule has 1 aromatic rings. The second-order valence-electron chi connectivity index (χ2n) is 5.09. The van der Waals surface area contributed by atoms with Crippen LogP contribution in [0.3, 0.4) is 0 Å². The number of benzene rings is 1. The van der Waals surface area contributed by atoms with Crippen LogP contribution in [0.4, 0.5) is 0 Å². The maximum absolute atomic E-state index is 5.90. The van der Waals surface area contributed by atoms with Gasteiger partial charge in [-0.3, -0.25) is 0 Å². The highest BCUT2D eigenvalue weighted by atomic mass is 35.5. The van der Waals surface area contributed by atoms with Gasteiger partial charge in [-0.2, -0.15) is 0 Å². The summed E-state index contributed by atoms with van der Waals surface area (Å²) in [7, 11) is 0. The fourth-order valence-corrected chi connectivity index (χ4v) is 3.15. The molecule has 2 fully saturated rings. The van der Waals surface area contributed by atoms with Crippen molar-refractivity contribution >= 4 is 11.6 Å². The fourth-order valence-electron chi connectivity index (χ4n) is 3.03. The van der Waals surface area contributed by atoms with E-state index in [9.17, 15) is 0 Å². The standard InChI is InChI=1S/C13H16ClN/c14-12-3-1-10(2-4-12)11-5-6-13(7-11)8-15-9-13/h1-4,11,15H,5-9H2. The maximum Gasteiger partial charge on any atom is 0.0406 e. The minimum absolute atomic E-state index is 0.643. The second kappa shape index (κ2) is 3.50. The lowest BCUT2D eigenvalue weighted by atomic mass is 9.79. The molecule has 3 rings (SSSR count). The lowest BCUT2D eigenvalue weighted by Gasteiger charge is -2.39. The molecule has 80 valence electrons. The van der Waals surface area contributed by atoms with E-state index in [0.717, 1.165) is 10.9 Å². The molecule has 1 atom stereocenters. The molecule has 1 nitrogen and oxygen atoms in total. The van der Waals surface area contributed by atoms with Crippen molar-refractivity contribution in [2.75, 3.05) is 13.1 Å². The first kappa shape index (κ1) is 9.68. The third kappa shape index (κ3) is 1.68. The summed E-state index contributed by atoms with van der Waals surface area (Å²) in [5.74, 6) is 0.768. The minimum atomic E-state index is 0.643. The summed E-state index contributed by atoms with van der Waals surface area (Å²) in [5.41, 5.74) is 2.12. The quantitative estimate of drug-likeness (QED) is 0.768. The summed E-state index contributed by atoms with van der Waals surface area (Å²) in [4.78, 5) is 0. The largest absolute Gasteiger partial charge is 0.316 e. The summed E-state index contributed by atoms with van der Waals surface area (Å²) in [6, 6.07) is 8.41. The van der Waals surface area contributed by atoms with Gasteiger partial charge in [0.25, 0.3) is 0 Å². The van der Waals surface area contributed by atoms with Gasteiger partial charge >= 0.3 is 0 Å². The molecule has 1 aliphatic carbocycles. The van der Waals surface area contributed by atoms with Gasteiger partial charge in [-0.1, -0.05) is 23.7 Å². The molecule has 1 spiro atoms. The van der Waals surface area contributed by atoms with E-state index >= 15 is 0 Å². The van der Waals surface area contributed by atoms with Gasteiger partial charge in [-0.05, 0) is 48.3 Å². The number of hydrogen-bond donors (Lipinski definition) is 1. The second-order valence-corrected chi connectivity index (χ2v) is 5.53. The van der Waals surface area contributed by atoms with Crippen molar-refractivity contribution in [1.82, 2.24) is 5.32 Å². The molecule has 1 saturated carbocycles. The molecule has 15 heavy (non-hydrogen) atoms. The predicted octanol–water partition coefficient (Wildman–Crippen LogP) is 3.20. The molecule has 0 amide bonds. The Morgan fingerprint density at radius 3 is 2.47 bits per heavy atom. The molecular weight excluding hydrogens is 206 g/mol. The predicted molar refractivity (Wildman–Crippen MR) is 63.3 cm³/mol. The van der Waals surface area contributed by atoms with Crippen molar-refractivity contribution in [2.45, 2.75) is 25.2 Å². The van der Waals surface area contributed by atoms with Gasteiger partial charge in [0.2, 0.25) is 0 Å². The topological polar surface area (TPSA) is 12.0 Å². The highest BCUT2D eigenvalue weighted by Crippen LogP contribution is 2.48. The van der Waals surface area contributed by atoms with Crippen LogP contribution in [-0.4, -0.2) is 13.1 Å². The summed E-state index contributed by atoms with van der Waals surface area (Å²) >= 11 is 5.90. The van der Waals surface area contributed by atoms with Gasteiger partial charge in [0, 0.05) is 18.1 Å². The molecule has 1 unspecified atom stereocenters. The summed E-state index contributed by atoms with van der Waals surface area (Å²) in [6.45, 7) is 2.47. The number of halogens is 1. The highest BCUT2D eigenvalue weighted by molar-refractivity contribution is 6.30. The van der Waals surface area contributed by atoms with E-state index in [2.05, 4.69) is 17.4 Å². The average Bonchev–Trinajstić information content (AvgIpc) is 2.63. The molecule has 0 aromatic heterocycles. The van der Waals surface area contributed by atoms with Crippen molar-refractivity contribution in [2.24, 2.45) is 5.41 Å². The lowest BCUT2D eigenvalue weighted by molar-refractivity contribution is 0.175. The molecule has 2 heteroatoms. The van der Waals surface area contributed by atoms with E-state index in [1.807, 2.05) is 12.1 Å². The van der Waals surface area contributed by atoms with Crippen molar-refractivity contribution in [1.29, 1.82) is 0 Å². The Morgan fingerprint density at radius 1 is 1.20 bits per heavy atom. The number of rotatable bonds is 1. The maximum atomic E-state index is 5.90. The molecule has 1 N–H and O–H groups in total. The molecule has 2 aliphatic rings. The van der Waals surface area contributed by atoms with Crippen molar-refractivity contribution in [3.63, 3.8) is 0 Å². The lowest BCUT2D eigenvalue weighted by Crippen LogP contribution is -2.51. The Kier molecular flexibility index (Phi) is 2.26. The SMILES string of the molecule is Clc1ccc(C2CCC3(CNC3)C2)cc1. The zero-order chi connectivity index (χ0) is 10.3. The van der Waals surface area contributed by atoms with Gasteiger partial charge in [-0.15, -0.1) is 0 Å². The average molecular weight is 222 g/mol. The highest BCUT2D eigenvalue weighted by Gasteiger charge is 2.43. The van der Waals surface area contributed by atoms with E-state index < -0.39 is 0 Å². The zero-order valence-corrected chi connectivity index (χ0v) is 9.56. The summed E-state index contributed by atoms with van der Waals surface area (Å²) in [6.07, 6.45) is 4.11. The Hall–Kier alpha value is -0.530. The van der Waals surface area contributed by atoms with E-state index in [4.69, 9.17) is 11.6 Å². The molecule has 0 radical (unpaired) electrons. The van der Waals surface area contributed by atoms with Crippen LogP contribution in [0.5, 0.6) is 0 Å². The van der Waals surface area contributed by atoms with Gasteiger partial charge in [0.05, 0.1) is 0 Å². The van der Waals surface area contributed by atoms with Crippen molar-refractivity contribution in [3.8, 4) is 0 Å². The van der Waals surface area contributed by atoms with Crippen LogP contribution in [0.2, 0.25) is 5.02 Å². The van der Waals surface area contributed by atoms with E-state index in [-0.39, 0.29) is 0 Å².